The van der Waals surface area contributed by atoms with Crippen molar-refractivity contribution < 1.29 is 26.7 Å². The van der Waals surface area contributed by atoms with Gasteiger partial charge in [-0.15, -0.1) is 0 Å². The second-order valence-corrected chi connectivity index (χ2v) is 8.18. The Bertz CT molecular complexity index is 989. The summed E-state index contributed by atoms with van der Waals surface area (Å²) in [5, 5.41) is 2.28. The van der Waals surface area contributed by atoms with Gasteiger partial charge in [0.15, 0.2) is 0 Å². The zero-order valence-corrected chi connectivity index (χ0v) is 16.1. The van der Waals surface area contributed by atoms with Crippen LogP contribution in [0.5, 0.6) is 0 Å². The molecule has 2 aromatic rings. The lowest BCUT2D eigenvalue weighted by Crippen LogP contribution is -2.41. The highest BCUT2D eigenvalue weighted by Crippen LogP contribution is 2.24. The van der Waals surface area contributed by atoms with Crippen LogP contribution in [0.4, 0.5) is 14.5 Å². The minimum absolute atomic E-state index is 0.0317. The first-order valence-corrected chi connectivity index (χ1v) is 10.2. The Kier molecular flexibility index (Phi) is 6.07. The molecule has 0 aliphatic carbocycles. The van der Waals surface area contributed by atoms with E-state index in [1.165, 1.54) is 16.4 Å². The molecule has 1 fully saturated rings. The van der Waals surface area contributed by atoms with Crippen LogP contribution in [-0.2, 0) is 21.2 Å². The zero-order chi connectivity index (χ0) is 20.3. The number of rotatable bonds is 5. The summed E-state index contributed by atoms with van der Waals surface area (Å²) in [5.41, 5.74) is 0.287. The third-order valence-electron chi connectivity index (χ3n) is 4.47. The third kappa shape index (κ3) is 4.21. The molecule has 3 rings (SSSR count). The van der Waals surface area contributed by atoms with Gasteiger partial charge in [0, 0.05) is 24.7 Å². The largest absolute Gasteiger partial charge is 0.379 e. The van der Waals surface area contributed by atoms with Gasteiger partial charge in [-0.1, -0.05) is 13.0 Å². The van der Waals surface area contributed by atoms with E-state index in [9.17, 15) is 22.0 Å². The number of carbonyl (C=O) groups excluding carboxylic acids is 1. The van der Waals surface area contributed by atoms with Crippen molar-refractivity contribution in [1.82, 2.24) is 4.31 Å². The number of hydrogen-bond acceptors (Lipinski definition) is 4. The molecule has 1 amide bonds. The minimum atomic E-state index is -3.81. The molecule has 2 aromatic carbocycles. The van der Waals surface area contributed by atoms with Crippen LogP contribution in [0.15, 0.2) is 41.3 Å². The fraction of sp³-hybridized carbons (Fsp3) is 0.316. The van der Waals surface area contributed by atoms with Crippen LogP contribution in [0, 0.1) is 11.6 Å². The van der Waals surface area contributed by atoms with Crippen molar-refractivity contribution in [1.29, 1.82) is 0 Å². The molecule has 28 heavy (non-hydrogen) atoms. The second-order valence-electron chi connectivity index (χ2n) is 6.27. The van der Waals surface area contributed by atoms with Crippen LogP contribution in [0.2, 0.25) is 0 Å². The number of nitrogens with one attached hydrogen (secondary N) is 1. The number of hydrogen-bond donors (Lipinski definition) is 1. The van der Waals surface area contributed by atoms with Gasteiger partial charge in [-0.3, -0.25) is 4.79 Å². The lowest BCUT2D eigenvalue weighted by molar-refractivity contribution is 0.0730. The van der Waals surface area contributed by atoms with E-state index < -0.39 is 27.6 Å². The lowest BCUT2D eigenvalue weighted by Gasteiger charge is -2.27. The second kappa shape index (κ2) is 8.34. The van der Waals surface area contributed by atoms with E-state index in [2.05, 4.69) is 5.32 Å². The number of amides is 1. The van der Waals surface area contributed by atoms with Crippen LogP contribution in [0.1, 0.15) is 22.8 Å². The van der Waals surface area contributed by atoms with E-state index in [0.29, 0.717) is 25.2 Å². The Labute approximate surface area is 162 Å². The molecule has 150 valence electrons. The van der Waals surface area contributed by atoms with Crippen LogP contribution in [-0.4, -0.2) is 44.9 Å². The molecule has 0 bridgehead atoms. The maximum atomic E-state index is 13.8. The van der Waals surface area contributed by atoms with Crippen LogP contribution in [0.3, 0.4) is 0 Å². The van der Waals surface area contributed by atoms with Crippen molar-refractivity contribution in [3.05, 3.63) is 59.2 Å². The smallest absolute Gasteiger partial charge is 0.255 e. The van der Waals surface area contributed by atoms with Gasteiger partial charge >= 0.3 is 0 Å². The highest BCUT2D eigenvalue weighted by molar-refractivity contribution is 7.89. The molecular weight excluding hydrogens is 390 g/mol. The van der Waals surface area contributed by atoms with Gasteiger partial charge in [-0.2, -0.15) is 4.31 Å². The van der Waals surface area contributed by atoms with Crippen molar-refractivity contribution in [2.75, 3.05) is 31.6 Å². The van der Waals surface area contributed by atoms with Gasteiger partial charge < -0.3 is 10.1 Å². The molecule has 0 radical (unpaired) electrons. The SMILES string of the molecule is CCc1ccc(C(=O)Nc2cc(F)ccc2F)cc1S(=O)(=O)N1CCOCC1. The highest BCUT2D eigenvalue weighted by Gasteiger charge is 2.29. The predicted molar refractivity (Wildman–Crippen MR) is 99.7 cm³/mol. The fourth-order valence-corrected chi connectivity index (χ4v) is 4.67. The topological polar surface area (TPSA) is 75.7 Å². The number of halogens is 2. The molecule has 0 atom stereocenters. The Morgan fingerprint density at radius 3 is 2.54 bits per heavy atom. The summed E-state index contributed by atoms with van der Waals surface area (Å²) in [7, 11) is -3.81. The van der Waals surface area contributed by atoms with Gasteiger partial charge in [-0.25, -0.2) is 17.2 Å². The van der Waals surface area contributed by atoms with E-state index in [1.807, 2.05) is 6.92 Å². The quantitative estimate of drug-likeness (QED) is 0.823. The predicted octanol–water partition coefficient (Wildman–Crippen LogP) is 2.80. The summed E-state index contributed by atoms with van der Waals surface area (Å²) < 4.78 is 59.7. The van der Waals surface area contributed by atoms with Crippen LogP contribution in [0.25, 0.3) is 0 Å². The average molecular weight is 410 g/mol. The van der Waals surface area contributed by atoms with Crippen molar-refractivity contribution in [3.63, 3.8) is 0 Å². The van der Waals surface area contributed by atoms with Gasteiger partial charge in [0.05, 0.1) is 23.8 Å². The molecule has 1 heterocycles. The molecule has 1 saturated heterocycles. The number of carbonyl (C=O) groups is 1. The van der Waals surface area contributed by atoms with Crippen molar-refractivity contribution in [2.24, 2.45) is 0 Å². The van der Waals surface area contributed by atoms with E-state index >= 15 is 0 Å². The van der Waals surface area contributed by atoms with E-state index in [4.69, 9.17) is 4.74 Å². The van der Waals surface area contributed by atoms with E-state index in [1.54, 1.807) is 6.07 Å². The minimum Gasteiger partial charge on any atom is -0.379 e. The summed E-state index contributed by atoms with van der Waals surface area (Å²) >= 11 is 0. The Balaban J connectivity index is 1.94. The summed E-state index contributed by atoms with van der Waals surface area (Å²) in [6.07, 6.45) is 0.458. The number of ether oxygens (including phenoxy) is 1. The van der Waals surface area contributed by atoms with E-state index in [-0.39, 0.29) is 29.2 Å². The van der Waals surface area contributed by atoms with Crippen LogP contribution < -0.4 is 5.32 Å². The summed E-state index contributed by atoms with van der Waals surface area (Å²) in [6.45, 7) is 2.89. The summed E-state index contributed by atoms with van der Waals surface area (Å²) in [4.78, 5) is 12.5. The molecule has 0 unspecified atom stereocenters. The molecule has 9 heteroatoms. The molecule has 0 aromatic heterocycles. The van der Waals surface area contributed by atoms with Crippen LogP contribution >= 0.6 is 0 Å². The number of benzene rings is 2. The van der Waals surface area contributed by atoms with Gasteiger partial charge in [0.2, 0.25) is 10.0 Å². The highest BCUT2D eigenvalue weighted by atomic mass is 32.2. The fourth-order valence-electron chi connectivity index (χ4n) is 2.94. The standard InChI is InChI=1S/C19H20F2N2O4S/c1-2-13-3-4-14(19(24)22-17-12-15(20)5-6-16(17)21)11-18(13)28(25,26)23-7-9-27-10-8-23/h3-6,11-12H,2,7-10H2,1H3,(H,22,24). The monoisotopic (exact) mass is 410 g/mol. The number of aryl methyl sites for hydroxylation is 1. The van der Waals surface area contributed by atoms with Gasteiger partial charge in [0.25, 0.3) is 5.91 Å². The summed E-state index contributed by atoms with van der Waals surface area (Å²) in [5.74, 6) is -2.22. The molecule has 0 spiro atoms. The Morgan fingerprint density at radius 2 is 1.86 bits per heavy atom. The first-order chi connectivity index (χ1) is 13.3. The maximum absolute atomic E-state index is 13.8. The van der Waals surface area contributed by atoms with Crippen molar-refractivity contribution in [2.45, 2.75) is 18.2 Å². The van der Waals surface area contributed by atoms with Gasteiger partial charge in [0.1, 0.15) is 11.6 Å². The lowest BCUT2D eigenvalue weighted by atomic mass is 10.1. The maximum Gasteiger partial charge on any atom is 0.255 e. The third-order valence-corrected chi connectivity index (χ3v) is 6.46. The Hall–Kier alpha value is -2.36. The molecular formula is C19H20F2N2O4S. The molecule has 1 aliphatic heterocycles. The Morgan fingerprint density at radius 1 is 1.14 bits per heavy atom. The number of nitrogens with zero attached hydrogens (tertiary/aromatic N) is 1. The van der Waals surface area contributed by atoms with Crippen molar-refractivity contribution >= 4 is 21.6 Å². The number of anilines is 1. The van der Waals surface area contributed by atoms with Gasteiger partial charge in [-0.05, 0) is 36.2 Å². The van der Waals surface area contributed by atoms with E-state index in [0.717, 1.165) is 18.2 Å². The first kappa shape index (κ1) is 20.4. The molecule has 0 saturated carbocycles. The van der Waals surface area contributed by atoms with Crippen molar-refractivity contribution in [3.8, 4) is 0 Å². The first-order valence-electron chi connectivity index (χ1n) is 8.80. The number of morpholine rings is 1. The molecule has 6 nitrogen and oxygen atoms in total. The molecule has 1 N–H and O–H groups in total. The summed E-state index contributed by atoms with van der Waals surface area (Å²) in [6, 6.07) is 7.00. The molecule has 1 aliphatic rings. The average Bonchev–Trinajstić information content (AvgIpc) is 2.70. The zero-order valence-electron chi connectivity index (χ0n) is 15.2. The number of sulfonamides is 1. The normalized spacial score (nSPS) is 15.4.